The minimum Gasteiger partial charge on any atom is -0.387 e. The number of hydrogen-bond donors (Lipinski definition) is 3. The van der Waals surface area contributed by atoms with Crippen molar-refractivity contribution < 1.29 is 9.18 Å². The van der Waals surface area contributed by atoms with Crippen molar-refractivity contribution in [3.8, 4) is 11.4 Å². The number of aromatic amines is 1. The van der Waals surface area contributed by atoms with E-state index in [-0.39, 0.29) is 17.6 Å². The summed E-state index contributed by atoms with van der Waals surface area (Å²) in [6, 6.07) is 9.27. The average molecular weight is 494 g/mol. The van der Waals surface area contributed by atoms with Gasteiger partial charge < -0.3 is 20.5 Å². The number of piperidine rings is 1. The third kappa shape index (κ3) is 4.77. The number of carbonyl (C=O) groups excluding carboxylic acids is 1. The van der Waals surface area contributed by atoms with E-state index in [0.717, 1.165) is 30.1 Å². The van der Waals surface area contributed by atoms with E-state index < -0.39 is 5.82 Å². The van der Waals surface area contributed by atoms with E-state index in [4.69, 9.17) is 11.6 Å². The molecular formula is C25H25ClFN7O. The largest absolute Gasteiger partial charge is 0.387 e. The van der Waals surface area contributed by atoms with Crippen LogP contribution in [0.2, 0.25) is 5.02 Å². The first-order valence-corrected chi connectivity index (χ1v) is 11.9. The monoisotopic (exact) mass is 493 g/mol. The number of likely N-dealkylation sites (tertiary alicyclic amines) is 1. The van der Waals surface area contributed by atoms with E-state index in [1.165, 1.54) is 0 Å². The first kappa shape index (κ1) is 23.0. The smallest absolute Gasteiger partial charge is 0.255 e. The Labute approximate surface area is 206 Å². The van der Waals surface area contributed by atoms with Gasteiger partial charge in [-0.05, 0) is 37.0 Å². The van der Waals surface area contributed by atoms with Crippen molar-refractivity contribution in [2.75, 3.05) is 37.3 Å². The molecular weight excluding hydrogens is 469 g/mol. The van der Waals surface area contributed by atoms with Crippen LogP contribution in [0.3, 0.4) is 0 Å². The summed E-state index contributed by atoms with van der Waals surface area (Å²) in [7, 11) is 1.81. The van der Waals surface area contributed by atoms with Crippen molar-refractivity contribution in [2.24, 2.45) is 5.92 Å². The van der Waals surface area contributed by atoms with Gasteiger partial charge in [-0.15, -0.1) is 0 Å². The highest BCUT2D eigenvalue weighted by molar-refractivity contribution is 6.31. The number of H-pyrrole nitrogens is 1. The van der Waals surface area contributed by atoms with Gasteiger partial charge in [0.25, 0.3) is 5.91 Å². The minimum absolute atomic E-state index is 0.00163. The third-order valence-corrected chi connectivity index (χ3v) is 6.48. The number of amides is 1. The number of fused-ring (bicyclic) bond motifs is 1. The molecule has 180 valence electrons. The zero-order chi connectivity index (χ0) is 24.4. The van der Waals surface area contributed by atoms with Crippen molar-refractivity contribution in [3.05, 3.63) is 65.3 Å². The summed E-state index contributed by atoms with van der Waals surface area (Å²) in [6.45, 7) is 1.79. The minimum atomic E-state index is -0.531. The normalized spacial score (nSPS) is 15.9. The van der Waals surface area contributed by atoms with Crippen LogP contribution < -0.4 is 10.6 Å². The second-order valence-electron chi connectivity index (χ2n) is 8.58. The lowest BCUT2D eigenvalue weighted by atomic mass is 9.97. The standard InChI is InChI=1S/C25H25ClFN7O/c1-28-21-7-3-2-6-17(21)25(35)34-8-4-5-15(14-34)10-29-24-20(27)13-32-23(33-24)19-12-31-22-18(19)9-16(26)11-30-22/h2-3,6-7,9,11-13,15,28H,4-5,8,10,14H2,1H3,(H,30,31)(H,29,32,33)/t15-/m1/s1. The molecule has 1 fully saturated rings. The number of pyridine rings is 1. The molecule has 1 saturated heterocycles. The molecule has 1 aliphatic heterocycles. The van der Waals surface area contributed by atoms with Gasteiger partial charge in [-0.25, -0.2) is 19.3 Å². The highest BCUT2D eigenvalue weighted by Crippen LogP contribution is 2.28. The number of carbonyl (C=O) groups is 1. The summed E-state index contributed by atoms with van der Waals surface area (Å²) in [5, 5.41) is 7.47. The highest BCUT2D eigenvalue weighted by atomic mass is 35.5. The van der Waals surface area contributed by atoms with Crippen molar-refractivity contribution in [2.45, 2.75) is 12.8 Å². The van der Waals surface area contributed by atoms with Crippen LogP contribution in [-0.2, 0) is 0 Å². The number of hydrogen-bond acceptors (Lipinski definition) is 6. The molecule has 3 N–H and O–H groups in total. The van der Waals surface area contributed by atoms with Crippen molar-refractivity contribution in [3.63, 3.8) is 0 Å². The molecule has 4 aromatic rings. The number of anilines is 2. The lowest BCUT2D eigenvalue weighted by Crippen LogP contribution is -2.42. The second kappa shape index (κ2) is 9.87. The summed E-state index contributed by atoms with van der Waals surface area (Å²) in [6.07, 6.45) is 6.28. The highest BCUT2D eigenvalue weighted by Gasteiger charge is 2.26. The predicted molar refractivity (Wildman–Crippen MR) is 135 cm³/mol. The molecule has 0 bridgehead atoms. The van der Waals surface area contributed by atoms with Crippen LogP contribution in [0, 0.1) is 11.7 Å². The Hall–Kier alpha value is -3.72. The lowest BCUT2D eigenvalue weighted by molar-refractivity contribution is 0.0681. The summed E-state index contributed by atoms with van der Waals surface area (Å²) in [5.41, 5.74) is 2.81. The Morgan fingerprint density at radius 2 is 2.14 bits per heavy atom. The maximum Gasteiger partial charge on any atom is 0.255 e. The molecule has 0 saturated carbocycles. The Morgan fingerprint density at radius 1 is 1.29 bits per heavy atom. The van der Waals surface area contributed by atoms with E-state index in [1.807, 2.05) is 29.2 Å². The number of nitrogens with one attached hydrogen (secondary N) is 3. The molecule has 1 amide bonds. The van der Waals surface area contributed by atoms with Crippen molar-refractivity contribution in [1.29, 1.82) is 0 Å². The van der Waals surface area contributed by atoms with Gasteiger partial charge in [-0.3, -0.25) is 4.79 Å². The van der Waals surface area contributed by atoms with Crippen molar-refractivity contribution >= 4 is 40.0 Å². The van der Waals surface area contributed by atoms with Gasteiger partial charge >= 0.3 is 0 Å². The zero-order valence-corrected chi connectivity index (χ0v) is 19.9. The van der Waals surface area contributed by atoms with Gasteiger partial charge in [0.15, 0.2) is 17.5 Å². The summed E-state index contributed by atoms with van der Waals surface area (Å²) >= 11 is 6.10. The molecule has 0 spiro atoms. The zero-order valence-electron chi connectivity index (χ0n) is 19.2. The number of aromatic nitrogens is 4. The topological polar surface area (TPSA) is 98.8 Å². The summed E-state index contributed by atoms with van der Waals surface area (Å²) in [4.78, 5) is 30.9. The molecule has 1 aromatic carbocycles. The average Bonchev–Trinajstić information content (AvgIpc) is 3.31. The van der Waals surface area contributed by atoms with Gasteiger partial charge in [0.1, 0.15) is 5.65 Å². The van der Waals surface area contributed by atoms with Gasteiger partial charge in [-0.2, -0.15) is 0 Å². The molecule has 1 atom stereocenters. The molecule has 10 heteroatoms. The Balaban J connectivity index is 1.29. The Morgan fingerprint density at radius 3 is 3.00 bits per heavy atom. The molecule has 35 heavy (non-hydrogen) atoms. The summed E-state index contributed by atoms with van der Waals surface area (Å²) in [5.74, 6) is 0.137. The third-order valence-electron chi connectivity index (χ3n) is 6.27. The Bertz CT molecular complexity index is 1380. The molecule has 3 aromatic heterocycles. The molecule has 8 nitrogen and oxygen atoms in total. The van der Waals surface area contributed by atoms with E-state index in [1.54, 1.807) is 25.5 Å². The number of nitrogens with zero attached hydrogens (tertiary/aromatic N) is 4. The van der Waals surface area contributed by atoms with Crippen LogP contribution in [0.25, 0.3) is 22.4 Å². The fourth-order valence-electron chi connectivity index (χ4n) is 4.50. The number of benzene rings is 1. The van der Waals surface area contributed by atoms with Crippen LogP contribution in [0.5, 0.6) is 0 Å². The first-order valence-electron chi connectivity index (χ1n) is 11.5. The van der Waals surface area contributed by atoms with Gasteiger partial charge in [0.05, 0.1) is 16.8 Å². The fraction of sp³-hybridized carbons (Fsp3) is 0.280. The molecule has 0 unspecified atom stereocenters. The number of halogens is 2. The molecule has 1 aliphatic rings. The first-order chi connectivity index (χ1) is 17.0. The quantitative estimate of drug-likeness (QED) is 0.356. The van der Waals surface area contributed by atoms with Gasteiger partial charge in [0.2, 0.25) is 0 Å². The SMILES string of the molecule is CNc1ccccc1C(=O)N1CCC[C@H](CNc2nc(-c3c[nH]c4ncc(Cl)cc34)ncc2F)C1. The molecule has 4 heterocycles. The van der Waals surface area contributed by atoms with E-state index in [0.29, 0.717) is 47.3 Å². The Kier molecular flexibility index (Phi) is 6.50. The van der Waals surface area contributed by atoms with E-state index >= 15 is 0 Å². The maximum absolute atomic E-state index is 14.6. The lowest BCUT2D eigenvalue weighted by Gasteiger charge is -2.33. The van der Waals surface area contributed by atoms with Crippen LogP contribution in [0.1, 0.15) is 23.2 Å². The maximum atomic E-state index is 14.6. The molecule has 0 aliphatic carbocycles. The predicted octanol–water partition coefficient (Wildman–Crippen LogP) is 4.82. The van der Waals surface area contributed by atoms with Crippen LogP contribution in [0.4, 0.5) is 15.9 Å². The van der Waals surface area contributed by atoms with Gasteiger partial charge in [-0.1, -0.05) is 23.7 Å². The second-order valence-corrected chi connectivity index (χ2v) is 9.01. The fourth-order valence-corrected chi connectivity index (χ4v) is 4.66. The molecule has 0 radical (unpaired) electrons. The van der Waals surface area contributed by atoms with Crippen LogP contribution in [-0.4, -0.2) is 57.4 Å². The van der Waals surface area contributed by atoms with Crippen LogP contribution in [0.15, 0.2) is 48.9 Å². The van der Waals surface area contributed by atoms with E-state index in [9.17, 15) is 9.18 Å². The van der Waals surface area contributed by atoms with Gasteiger partial charge in [0, 0.05) is 55.7 Å². The van der Waals surface area contributed by atoms with Crippen molar-refractivity contribution in [1.82, 2.24) is 24.8 Å². The number of rotatable bonds is 6. The van der Waals surface area contributed by atoms with Crippen LogP contribution >= 0.6 is 11.6 Å². The van der Waals surface area contributed by atoms with E-state index in [2.05, 4.69) is 30.6 Å². The molecule has 5 rings (SSSR count). The summed E-state index contributed by atoms with van der Waals surface area (Å²) < 4.78 is 14.6. The number of para-hydroxylation sites is 1.